The smallest absolute Gasteiger partial charge is 0.143 e. The van der Waals surface area contributed by atoms with Crippen LogP contribution in [0.1, 0.15) is 5.56 Å². The van der Waals surface area contributed by atoms with E-state index in [1.54, 1.807) is 6.20 Å². The number of hydrogen-bond donors (Lipinski definition) is 1. The number of benzene rings is 1. The lowest BCUT2D eigenvalue weighted by Gasteiger charge is -2.06. The monoisotopic (exact) mass is 310 g/mol. The molecule has 17 heavy (non-hydrogen) atoms. The largest absolute Gasteiger partial charge is 0.383 e. The molecule has 1 aromatic carbocycles. The predicted octanol–water partition coefficient (Wildman–Crippen LogP) is 4.15. The maximum Gasteiger partial charge on any atom is 0.143 e. The fourth-order valence-electron chi connectivity index (χ4n) is 1.51. The summed E-state index contributed by atoms with van der Waals surface area (Å²) in [6.07, 6.45) is 2.72. The highest BCUT2D eigenvalue weighted by Crippen LogP contribution is 2.22. The fraction of sp³-hybridized carbons (Fsp3) is 0.154. The zero-order valence-corrected chi connectivity index (χ0v) is 11.5. The third-order valence-electron chi connectivity index (χ3n) is 2.38. The highest BCUT2D eigenvalue weighted by molar-refractivity contribution is 9.10. The minimum absolute atomic E-state index is 0.485. The lowest BCUT2D eigenvalue weighted by Crippen LogP contribution is -2.05. The van der Waals surface area contributed by atoms with Crippen LogP contribution >= 0.6 is 27.5 Å². The second-order valence-corrected chi connectivity index (χ2v) is 4.87. The maximum atomic E-state index is 5.82. The Bertz CT molecular complexity index is 488. The summed E-state index contributed by atoms with van der Waals surface area (Å²) in [5, 5.41) is 3.79. The van der Waals surface area contributed by atoms with Gasteiger partial charge in [-0.3, -0.25) is 0 Å². The Morgan fingerprint density at radius 2 is 2.00 bits per heavy atom. The van der Waals surface area contributed by atoms with E-state index in [9.17, 15) is 0 Å². The van der Waals surface area contributed by atoms with E-state index in [2.05, 4.69) is 50.5 Å². The van der Waals surface area contributed by atoms with Crippen molar-refractivity contribution >= 4 is 33.2 Å². The van der Waals surface area contributed by atoms with E-state index in [-0.39, 0.29) is 0 Å². The van der Waals surface area contributed by atoms with Crippen LogP contribution in [0, 0.1) is 0 Å². The Balaban J connectivity index is 1.88. The van der Waals surface area contributed by atoms with Gasteiger partial charge in [-0.15, -0.1) is 0 Å². The first-order chi connectivity index (χ1) is 8.25. The summed E-state index contributed by atoms with van der Waals surface area (Å²) in [5.74, 6) is 0. The topological polar surface area (TPSA) is 24.9 Å². The lowest BCUT2D eigenvalue weighted by atomic mass is 10.1. The molecule has 0 radical (unpaired) electrons. The van der Waals surface area contributed by atoms with E-state index in [4.69, 9.17) is 11.6 Å². The maximum absolute atomic E-state index is 5.82. The zero-order valence-electron chi connectivity index (χ0n) is 9.16. The summed E-state index contributed by atoms with van der Waals surface area (Å²) in [4.78, 5) is 4.06. The van der Waals surface area contributed by atoms with Crippen LogP contribution in [0.15, 0.2) is 47.1 Å². The molecule has 0 atom stereocenters. The zero-order chi connectivity index (χ0) is 12.1. The van der Waals surface area contributed by atoms with Gasteiger partial charge in [0.2, 0.25) is 0 Å². The molecule has 0 aliphatic heterocycles. The number of halogens is 2. The van der Waals surface area contributed by atoms with Gasteiger partial charge in [-0.1, -0.05) is 41.9 Å². The van der Waals surface area contributed by atoms with Crippen molar-refractivity contribution < 1.29 is 0 Å². The van der Waals surface area contributed by atoms with Crippen molar-refractivity contribution in [1.29, 1.82) is 0 Å². The SMILES string of the molecule is Clc1ncc(NCCc2ccccc2)cc1Br. The van der Waals surface area contributed by atoms with Gasteiger partial charge in [0.15, 0.2) is 0 Å². The summed E-state index contributed by atoms with van der Waals surface area (Å²) in [6, 6.07) is 12.3. The number of anilines is 1. The van der Waals surface area contributed by atoms with E-state index in [1.807, 2.05) is 12.1 Å². The summed E-state index contributed by atoms with van der Waals surface area (Å²) in [5.41, 5.74) is 2.29. The second kappa shape index (κ2) is 6.03. The number of nitrogens with zero attached hydrogens (tertiary/aromatic N) is 1. The quantitative estimate of drug-likeness (QED) is 0.858. The van der Waals surface area contributed by atoms with Crippen LogP contribution in [0.4, 0.5) is 5.69 Å². The van der Waals surface area contributed by atoms with Crippen LogP contribution in [0.2, 0.25) is 5.15 Å². The van der Waals surface area contributed by atoms with Gasteiger partial charge in [-0.05, 0) is 34.0 Å². The van der Waals surface area contributed by atoms with Gasteiger partial charge in [0.1, 0.15) is 5.15 Å². The Hall–Kier alpha value is -1.06. The minimum atomic E-state index is 0.485. The third-order valence-corrected chi connectivity index (χ3v) is 3.52. The molecule has 0 fully saturated rings. The van der Waals surface area contributed by atoms with Gasteiger partial charge in [-0.2, -0.15) is 0 Å². The van der Waals surface area contributed by atoms with Gasteiger partial charge in [0, 0.05) is 6.54 Å². The van der Waals surface area contributed by atoms with Crippen LogP contribution in [0.5, 0.6) is 0 Å². The highest BCUT2D eigenvalue weighted by atomic mass is 79.9. The summed E-state index contributed by atoms with van der Waals surface area (Å²) < 4.78 is 0.809. The number of aromatic nitrogens is 1. The molecular formula is C13H12BrClN2. The van der Waals surface area contributed by atoms with E-state index < -0.39 is 0 Å². The number of rotatable bonds is 4. The molecule has 0 unspecified atom stereocenters. The average molecular weight is 312 g/mol. The highest BCUT2D eigenvalue weighted by Gasteiger charge is 1.99. The molecule has 1 aromatic heterocycles. The second-order valence-electron chi connectivity index (χ2n) is 3.66. The normalized spacial score (nSPS) is 10.2. The molecule has 0 saturated carbocycles. The lowest BCUT2D eigenvalue weighted by molar-refractivity contribution is 1.02. The van der Waals surface area contributed by atoms with Crippen LogP contribution < -0.4 is 5.32 Å². The Labute approximate surface area is 114 Å². The van der Waals surface area contributed by atoms with E-state index >= 15 is 0 Å². The molecule has 1 heterocycles. The van der Waals surface area contributed by atoms with E-state index in [1.165, 1.54) is 5.56 Å². The Kier molecular flexibility index (Phi) is 4.40. The average Bonchev–Trinajstić information content (AvgIpc) is 2.35. The van der Waals surface area contributed by atoms with Crippen molar-refractivity contribution in [2.45, 2.75) is 6.42 Å². The number of hydrogen-bond acceptors (Lipinski definition) is 2. The van der Waals surface area contributed by atoms with Crippen molar-refractivity contribution in [2.24, 2.45) is 0 Å². The molecule has 0 aliphatic rings. The summed E-state index contributed by atoms with van der Waals surface area (Å²) in [6.45, 7) is 0.875. The molecule has 2 aromatic rings. The van der Waals surface area contributed by atoms with E-state index in [0.717, 1.165) is 23.1 Å². The first-order valence-electron chi connectivity index (χ1n) is 5.34. The standard InChI is InChI=1S/C13H12BrClN2/c14-12-8-11(9-17-13(12)15)16-7-6-10-4-2-1-3-5-10/h1-5,8-9,16H,6-7H2. The molecule has 88 valence electrons. The fourth-order valence-corrected chi connectivity index (χ4v) is 1.97. The predicted molar refractivity (Wildman–Crippen MR) is 75.6 cm³/mol. The molecule has 0 spiro atoms. The molecule has 1 N–H and O–H groups in total. The van der Waals surface area contributed by atoms with Crippen LogP contribution in [-0.2, 0) is 6.42 Å². The van der Waals surface area contributed by atoms with Crippen LogP contribution in [-0.4, -0.2) is 11.5 Å². The molecule has 0 aliphatic carbocycles. The molecule has 0 amide bonds. The minimum Gasteiger partial charge on any atom is -0.383 e. The van der Waals surface area contributed by atoms with Gasteiger partial charge < -0.3 is 5.32 Å². The van der Waals surface area contributed by atoms with Crippen molar-refractivity contribution in [1.82, 2.24) is 4.98 Å². The van der Waals surface area contributed by atoms with Crippen molar-refractivity contribution in [3.05, 3.63) is 57.8 Å². The third kappa shape index (κ3) is 3.72. The van der Waals surface area contributed by atoms with Gasteiger partial charge in [0.25, 0.3) is 0 Å². The van der Waals surface area contributed by atoms with Crippen LogP contribution in [0.3, 0.4) is 0 Å². The van der Waals surface area contributed by atoms with Crippen LogP contribution in [0.25, 0.3) is 0 Å². The molecular weight excluding hydrogens is 300 g/mol. The van der Waals surface area contributed by atoms with Crippen molar-refractivity contribution in [3.8, 4) is 0 Å². The van der Waals surface area contributed by atoms with Gasteiger partial charge in [0.05, 0.1) is 16.4 Å². The van der Waals surface area contributed by atoms with E-state index in [0.29, 0.717) is 5.15 Å². The summed E-state index contributed by atoms with van der Waals surface area (Å²) in [7, 11) is 0. The Morgan fingerprint density at radius 1 is 1.24 bits per heavy atom. The number of pyridine rings is 1. The number of nitrogens with one attached hydrogen (secondary N) is 1. The first kappa shape index (κ1) is 12.4. The Morgan fingerprint density at radius 3 is 2.71 bits per heavy atom. The first-order valence-corrected chi connectivity index (χ1v) is 6.51. The molecule has 4 heteroatoms. The van der Waals surface area contributed by atoms with Crippen molar-refractivity contribution in [3.63, 3.8) is 0 Å². The molecule has 2 nitrogen and oxygen atoms in total. The molecule has 2 rings (SSSR count). The molecule has 0 bridgehead atoms. The van der Waals surface area contributed by atoms with Gasteiger partial charge in [-0.25, -0.2) is 4.98 Å². The summed E-state index contributed by atoms with van der Waals surface area (Å²) >= 11 is 9.17. The van der Waals surface area contributed by atoms with Crippen molar-refractivity contribution in [2.75, 3.05) is 11.9 Å². The molecule has 0 saturated heterocycles. The van der Waals surface area contributed by atoms with Gasteiger partial charge >= 0.3 is 0 Å².